The van der Waals surface area contributed by atoms with Crippen LogP contribution in [0.25, 0.3) is 4.96 Å². The van der Waals surface area contributed by atoms with E-state index in [-0.39, 0.29) is 0 Å². The van der Waals surface area contributed by atoms with E-state index in [1.54, 1.807) is 4.52 Å². The molecule has 0 aliphatic carbocycles. The van der Waals surface area contributed by atoms with Gasteiger partial charge in [0, 0.05) is 11.9 Å². The average molecular weight is 274 g/mol. The van der Waals surface area contributed by atoms with Gasteiger partial charge >= 0.3 is 0 Å². The van der Waals surface area contributed by atoms with Crippen LogP contribution in [0.3, 0.4) is 0 Å². The van der Waals surface area contributed by atoms with Crippen molar-refractivity contribution in [1.29, 1.82) is 0 Å². The van der Waals surface area contributed by atoms with Crippen molar-refractivity contribution in [2.75, 3.05) is 0 Å². The summed E-state index contributed by atoms with van der Waals surface area (Å²) in [6.45, 7) is 2.84. The van der Waals surface area contributed by atoms with Crippen molar-refractivity contribution in [2.45, 2.75) is 20.1 Å². The lowest BCUT2D eigenvalue weighted by molar-refractivity contribution is 0.294. The summed E-state index contributed by atoms with van der Waals surface area (Å²) in [4.78, 5) is 5.27. The molecule has 1 aromatic carbocycles. The maximum Gasteiger partial charge on any atom is 0.212 e. The van der Waals surface area contributed by atoms with Crippen LogP contribution in [-0.4, -0.2) is 14.6 Å². The molecule has 19 heavy (non-hydrogen) atoms. The first-order valence-corrected chi connectivity index (χ1v) is 6.86. The van der Waals surface area contributed by atoms with Gasteiger partial charge in [-0.05, 0) is 18.6 Å². The summed E-state index contributed by atoms with van der Waals surface area (Å²) in [5.41, 5.74) is 7.71. The van der Waals surface area contributed by atoms with Crippen molar-refractivity contribution in [3.63, 3.8) is 0 Å². The standard InChI is InChI=1S/C13H14N4OS/c1-9-4-2-3-5-11(9)18-7-12-15-13-17(16-12)10(6-14)8-19-13/h2-5,8H,6-7,14H2,1H3. The lowest BCUT2D eigenvalue weighted by Gasteiger charge is -2.05. The third kappa shape index (κ3) is 2.32. The first-order valence-electron chi connectivity index (χ1n) is 5.98. The van der Waals surface area contributed by atoms with E-state index in [0.29, 0.717) is 19.0 Å². The molecule has 0 aliphatic heterocycles. The number of ether oxygens (including phenoxy) is 1. The first kappa shape index (κ1) is 12.1. The molecule has 0 saturated heterocycles. The predicted octanol–water partition coefficient (Wildman–Crippen LogP) is 2.14. The summed E-state index contributed by atoms with van der Waals surface area (Å²) in [6, 6.07) is 7.90. The molecule has 0 bridgehead atoms. The Kier molecular flexibility index (Phi) is 3.18. The maximum atomic E-state index is 5.73. The van der Waals surface area contributed by atoms with Gasteiger partial charge in [-0.1, -0.05) is 18.2 Å². The Morgan fingerprint density at radius 2 is 2.21 bits per heavy atom. The number of para-hydroxylation sites is 1. The van der Waals surface area contributed by atoms with E-state index in [0.717, 1.165) is 22.0 Å². The average Bonchev–Trinajstić information content (AvgIpc) is 2.97. The molecule has 5 nitrogen and oxygen atoms in total. The van der Waals surface area contributed by atoms with Crippen molar-refractivity contribution in [3.8, 4) is 5.75 Å². The molecule has 0 radical (unpaired) electrons. The SMILES string of the molecule is Cc1ccccc1OCc1nc2scc(CN)n2n1. The molecule has 0 amide bonds. The summed E-state index contributed by atoms with van der Waals surface area (Å²) in [5.74, 6) is 1.53. The smallest absolute Gasteiger partial charge is 0.212 e. The largest absolute Gasteiger partial charge is 0.485 e. The van der Waals surface area contributed by atoms with Crippen LogP contribution in [0.4, 0.5) is 0 Å². The Labute approximate surface area is 114 Å². The third-order valence-corrected chi connectivity index (χ3v) is 3.72. The fraction of sp³-hybridized carbons (Fsp3) is 0.231. The fourth-order valence-corrected chi connectivity index (χ4v) is 2.68. The first-order chi connectivity index (χ1) is 9.28. The zero-order valence-electron chi connectivity index (χ0n) is 10.5. The van der Waals surface area contributed by atoms with Crippen LogP contribution in [0, 0.1) is 6.92 Å². The van der Waals surface area contributed by atoms with Gasteiger partial charge in [0.2, 0.25) is 4.96 Å². The van der Waals surface area contributed by atoms with Gasteiger partial charge in [-0.3, -0.25) is 0 Å². The van der Waals surface area contributed by atoms with Crippen LogP contribution in [0.15, 0.2) is 29.6 Å². The van der Waals surface area contributed by atoms with Crippen LogP contribution >= 0.6 is 11.3 Å². The van der Waals surface area contributed by atoms with Crippen LogP contribution < -0.4 is 10.5 Å². The van der Waals surface area contributed by atoms with Crippen molar-refractivity contribution >= 4 is 16.3 Å². The second kappa shape index (κ2) is 4.99. The van der Waals surface area contributed by atoms with E-state index in [2.05, 4.69) is 10.1 Å². The monoisotopic (exact) mass is 274 g/mol. The fourth-order valence-electron chi connectivity index (χ4n) is 1.83. The lowest BCUT2D eigenvalue weighted by atomic mass is 10.2. The second-order valence-corrected chi connectivity index (χ2v) is 5.04. The molecule has 0 unspecified atom stereocenters. The second-order valence-electron chi connectivity index (χ2n) is 4.21. The van der Waals surface area contributed by atoms with Gasteiger partial charge in [0.05, 0.1) is 5.69 Å². The van der Waals surface area contributed by atoms with Gasteiger partial charge in [0.1, 0.15) is 12.4 Å². The number of benzene rings is 1. The Balaban J connectivity index is 1.78. The van der Waals surface area contributed by atoms with Gasteiger partial charge in [0.25, 0.3) is 0 Å². The van der Waals surface area contributed by atoms with Crippen LogP contribution in [0.2, 0.25) is 0 Å². The van der Waals surface area contributed by atoms with Crippen molar-refractivity contribution in [3.05, 3.63) is 46.7 Å². The molecule has 0 atom stereocenters. The number of nitrogens with zero attached hydrogens (tertiary/aromatic N) is 3. The van der Waals surface area contributed by atoms with E-state index >= 15 is 0 Å². The Morgan fingerprint density at radius 3 is 3.00 bits per heavy atom. The summed E-state index contributed by atoms with van der Waals surface area (Å²) in [7, 11) is 0. The lowest BCUT2D eigenvalue weighted by Crippen LogP contribution is -2.03. The van der Waals surface area contributed by atoms with E-state index in [9.17, 15) is 0 Å². The molecular formula is C13H14N4OS. The van der Waals surface area contributed by atoms with Crippen molar-refractivity contribution < 1.29 is 4.74 Å². The number of aryl methyl sites for hydroxylation is 1. The quantitative estimate of drug-likeness (QED) is 0.791. The zero-order chi connectivity index (χ0) is 13.2. The van der Waals surface area contributed by atoms with Crippen LogP contribution in [0.1, 0.15) is 17.1 Å². The molecule has 0 spiro atoms. The number of nitrogens with two attached hydrogens (primary N) is 1. The molecule has 0 fully saturated rings. The Morgan fingerprint density at radius 1 is 1.37 bits per heavy atom. The van der Waals surface area contributed by atoms with E-state index in [4.69, 9.17) is 10.5 Å². The van der Waals surface area contributed by atoms with Crippen molar-refractivity contribution in [1.82, 2.24) is 14.6 Å². The highest BCUT2D eigenvalue weighted by Crippen LogP contribution is 2.18. The minimum atomic E-state index is 0.364. The minimum Gasteiger partial charge on any atom is -0.485 e. The van der Waals surface area contributed by atoms with Gasteiger partial charge in [0.15, 0.2) is 5.82 Å². The minimum absolute atomic E-state index is 0.364. The number of thiazole rings is 1. The predicted molar refractivity (Wildman–Crippen MR) is 74.3 cm³/mol. The Bertz CT molecular complexity index is 704. The molecule has 3 rings (SSSR count). The number of hydrogen-bond donors (Lipinski definition) is 1. The third-order valence-electron chi connectivity index (χ3n) is 2.85. The molecule has 3 aromatic rings. The molecule has 2 aromatic heterocycles. The summed E-state index contributed by atoms with van der Waals surface area (Å²) >= 11 is 1.54. The maximum absolute atomic E-state index is 5.73. The highest BCUT2D eigenvalue weighted by Gasteiger charge is 2.09. The molecule has 6 heteroatoms. The van der Waals surface area contributed by atoms with Crippen LogP contribution in [-0.2, 0) is 13.2 Å². The summed E-state index contributed by atoms with van der Waals surface area (Å²) < 4.78 is 7.51. The van der Waals surface area contributed by atoms with Crippen molar-refractivity contribution in [2.24, 2.45) is 5.73 Å². The molecule has 98 valence electrons. The van der Waals surface area contributed by atoms with E-state index in [1.807, 2.05) is 36.6 Å². The van der Waals surface area contributed by atoms with Gasteiger partial charge < -0.3 is 10.5 Å². The highest BCUT2D eigenvalue weighted by atomic mass is 32.1. The summed E-state index contributed by atoms with van der Waals surface area (Å²) in [5, 5.41) is 6.37. The van der Waals surface area contributed by atoms with E-state index in [1.165, 1.54) is 11.3 Å². The number of aromatic nitrogens is 3. The molecular weight excluding hydrogens is 260 g/mol. The number of hydrogen-bond acceptors (Lipinski definition) is 5. The van der Waals surface area contributed by atoms with Gasteiger partial charge in [-0.2, -0.15) is 4.98 Å². The highest BCUT2D eigenvalue weighted by molar-refractivity contribution is 7.15. The summed E-state index contributed by atoms with van der Waals surface area (Å²) in [6.07, 6.45) is 0. The molecule has 2 N–H and O–H groups in total. The van der Waals surface area contributed by atoms with E-state index < -0.39 is 0 Å². The van der Waals surface area contributed by atoms with Gasteiger partial charge in [-0.15, -0.1) is 16.4 Å². The number of rotatable bonds is 4. The molecule has 2 heterocycles. The van der Waals surface area contributed by atoms with Gasteiger partial charge in [-0.25, -0.2) is 4.52 Å². The molecule has 0 saturated carbocycles. The normalized spacial score (nSPS) is 11.1. The zero-order valence-corrected chi connectivity index (χ0v) is 11.4. The number of fused-ring (bicyclic) bond motifs is 1. The Hall–Kier alpha value is -1.92. The van der Waals surface area contributed by atoms with Crippen LogP contribution in [0.5, 0.6) is 5.75 Å². The topological polar surface area (TPSA) is 65.4 Å². The molecule has 0 aliphatic rings.